The molecule has 0 fully saturated rings. The molecule has 0 nitrogen and oxygen atoms in total. The molecule has 0 saturated carbocycles. The summed E-state index contributed by atoms with van der Waals surface area (Å²) in [6.45, 7) is 8.62. The summed E-state index contributed by atoms with van der Waals surface area (Å²) in [6.07, 6.45) is 0. The van der Waals surface area contributed by atoms with Gasteiger partial charge in [-0.2, -0.15) is 24.3 Å². The van der Waals surface area contributed by atoms with Crippen molar-refractivity contribution in [2.24, 2.45) is 0 Å². The first-order valence-electron chi connectivity index (χ1n) is 7.80. The Morgan fingerprint density at radius 3 is 1.24 bits per heavy atom. The molecule has 130 valence electrons. The number of rotatable bonds is 0. The van der Waals surface area contributed by atoms with Crippen molar-refractivity contribution >= 4 is 21.5 Å². The maximum atomic E-state index is 2.24. The fraction of sp³-hybridized carbons (Fsp3) is 0.182. The van der Waals surface area contributed by atoms with E-state index in [1.807, 2.05) is 0 Å². The number of hydrogen-bond donors (Lipinski definition) is 0. The first-order chi connectivity index (χ1) is 10.5. The maximum absolute atomic E-state index is 2.24. The van der Waals surface area contributed by atoms with Crippen LogP contribution in [0.5, 0.6) is 0 Å². The predicted molar refractivity (Wildman–Crippen MR) is 98.0 cm³/mol. The molecule has 4 aromatic rings. The molecule has 0 unspecified atom stereocenters. The summed E-state index contributed by atoms with van der Waals surface area (Å²) in [5.74, 6) is 0. The van der Waals surface area contributed by atoms with E-state index in [-0.39, 0.29) is 26.8 Å². The molecule has 4 rings (SSSR count). The van der Waals surface area contributed by atoms with Crippen LogP contribution < -0.4 is 9.41 Å². The van der Waals surface area contributed by atoms with E-state index in [0.29, 0.717) is 0 Å². The van der Waals surface area contributed by atoms with E-state index in [1.54, 1.807) is 0 Å². The van der Waals surface area contributed by atoms with Crippen LogP contribution in [0.15, 0.2) is 60.7 Å². The summed E-state index contributed by atoms with van der Waals surface area (Å²) in [6, 6.07) is 21.8. The van der Waals surface area contributed by atoms with Crippen LogP contribution in [0.4, 0.5) is 0 Å². The summed E-state index contributed by atoms with van der Waals surface area (Å²) in [5.41, 5.74) is 5.51. The van der Waals surface area contributed by atoms with Gasteiger partial charge < -0.3 is 9.41 Å². The first-order valence-corrected chi connectivity index (χ1v) is 7.80. The quantitative estimate of drug-likeness (QED) is 0.389. The van der Waals surface area contributed by atoms with Crippen LogP contribution in [0, 0.1) is 27.7 Å². The molecule has 0 bridgehead atoms. The van der Waals surface area contributed by atoms with Crippen LogP contribution in [0.2, 0.25) is 0 Å². The van der Waals surface area contributed by atoms with E-state index in [1.165, 1.54) is 43.8 Å². The van der Waals surface area contributed by atoms with E-state index in [4.69, 9.17) is 0 Å². The molecule has 25 heavy (non-hydrogen) atoms. The summed E-state index contributed by atoms with van der Waals surface area (Å²) in [5, 5.41) is 5.42. The molecule has 4 aromatic carbocycles. The number of fused-ring (bicyclic) bond motifs is 2. The van der Waals surface area contributed by atoms with Gasteiger partial charge in [0.1, 0.15) is 0 Å². The van der Waals surface area contributed by atoms with Crippen molar-refractivity contribution in [3.05, 3.63) is 82.9 Å². The molecule has 0 amide bonds. The molecular weight excluding hydrogens is 354 g/mol. The standard InChI is InChI=1S/2C11H11.Cr.2FH/c2*1-8-6-10-4-3-5-11(10)7-9(8)2;;;/h2*3-7H,1-2H3;;2*1H/q2*-1;+4;;/p-2. The molecule has 0 aliphatic rings. The molecule has 0 saturated heterocycles. The molecule has 0 aliphatic carbocycles. The number of hydrogen-bond acceptors (Lipinski definition) is 0. The van der Waals surface area contributed by atoms with Crippen LogP contribution in [-0.4, -0.2) is 0 Å². The van der Waals surface area contributed by atoms with Crippen LogP contribution >= 0.6 is 0 Å². The van der Waals surface area contributed by atoms with Crippen molar-refractivity contribution < 1.29 is 26.8 Å². The van der Waals surface area contributed by atoms with Crippen molar-refractivity contribution in [2.75, 3.05) is 0 Å². The minimum atomic E-state index is 0. The SMILES string of the molecule is Cc1cc2cc[cH-]c2cc1C.Cc1cc2cc[cH-]c2cc1C.[Cr+4].[F-].[F-]. The molecule has 0 aliphatic heterocycles. The molecule has 3 heteroatoms. The zero-order valence-electron chi connectivity index (χ0n) is 14.9. The average Bonchev–Trinajstić information content (AvgIpc) is 3.09. The second kappa shape index (κ2) is 9.51. The number of halogens is 2. The first kappa shape index (κ1) is 23.1. The predicted octanol–water partition coefficient (Wildman–Crippen LogP) is 0.357. The van der Waals surface area contributed by atoms with Gasteiger partial charge in [-0.1, -0.05) is 22.3 Å². The molecule has 0 heterocycles. The van der Waals surface area contributed by atoms with Gasteiger partial charge in [0, 0.05) is 0 Å². The fourth-order valence-electron chi connectivity index (χ4n) is 2.81. The second-order valence-electron chi connectivity index (χ2n) is 6.18. The summed E-state index contributed by atoms with van der Waals surface area (Å²) >= 11 is 0. The minimum Gasteiger partial charge on any atom is -1.00 e. The van der Waals surface area contributed by atoms with Gasteiger partial charge in [-0.25, -0.2) is 0 Å². The fourth-order valence-corrected chi connectivity index (χ4v) is 2.81. The summed E-state index contributed by atoms with van der Waals surface area (Å²) < 4.78 is 0. The Morgan fingerprint density at radius 1 is 0.560 bits per heavy atom. The summed E-state index contributed by atoms with van der Waals surface area (Å²) in [7, 11) is 0. The Hall–Kier alpha value is -1.95. The maximum Gasteiger partial charge on any atom is 4.00 e. The number of aryl methyl sites for hydroxylation is 4. The van der Waals surface area contributed by atoms with E-state index in [0.717, 1.165) is 0 Å². The molecule has 0 radical (unpaired) electrons. The average molecular weight is 376 g/mol. The Labute approximate surface area is 159 Å². The topological polar surface area (TPSA) is 0 Å². The molecule has 0 atom stereocenters. The Morgan fingerprint density at radius 2 is 0.880 bits per heavy atom. The van der Waals surface area contributed by atoms with Crippen molar-refractivity contribution in [3.63, 3.8) is 0 Å². The third-order valence-electron chi connectivity index (χ3n) is 4.50. The van der Waals surface area contributed by atoms with Crippen LogP contribution in [0.1, 0.15) is 22.3 Å². The molecular formula is C22H22CrF2. The monoisotopic (exact) mass is 376 g/mol. The van der Waals surface area contributed by atoms with Crippen molar-refractivity contribution in [1.82, 2.24) is 0 Å². The van der Waals surface area contributed by atoms with E-state index in [9.17, 15) is 0 Å². The normalized spacial score (nSPS) is 9.44. The van der Waals surface area contributed by atoms with Gasteiger partial charge in [-0.3, -0.25) is 0 Å². The van der Waals surface area contributed by atoms with Crippen LogP contribution in [0.25, 0.3) is 21.5 Å². The summed E-state index contributed by atoms with van der Waals surface area (Å²) in [4.78, 5) is 0. The van der Waals surface area contributed by atoms with Crippen LogP contribution in [0.3, 0.4) is 0 Å². The molecule has 0 N–H and O–H groups in total. The Balaban J connectivity index is 0.000000411. The van der Waals surface area contributed by atoms with Gasteiger partial charge in [-0.05, 0) is 27.7 Å². The van der Waals surface area contributed by atoms with Gasteiger partial charge in [-0.15, -0.1) is 57.9 Å². The zero-order chi connectivity index (χ0) is 15.7. The van der Waals surface area contributed by atoms with Crippen molar-refractivity contribution in [2.45, 2.75) is 27.7 Å². The van der Waals surface area contributed by atoms with Crippen LogP contribution in [-0.2, 0) is 17.4 Å². The molecule has 0 spiro atoms. The number of benzene rings is 2. The van der Waals surface area contributed by atoms with Gasteiger partial charge in [0.25, 0.3) is 0 Å². The van der Waals surface area contributed by atoms with Gasteiger partial charge in [0.2, 0.25) is 0 Å². The largest absolute Gasteiger partial charge is 4.00 e. The second-order valence-corrected chi connectivity index (χ2v) is 6.18. The Bertz CT molecular complexity index is 782. The van der Waals surface area contributed by atoms with Gasteiger partial charge >= 0.3 is 17.4 Å². The van der Waals surface area contributed by atoms with Gasteiger partial charge in [0.15, 0.2) is 0 Å². The zero-order valence-corrected chi connectivity index (χ0v) is 16.2. The van der Waals surface area contributed by atoms with E-state index >= 15 is 0 Å². The van der Waals surface area contributed by atoms with Crippen molar-refractivity contribution in [3.8, 4) is 0 Å². The van der Waals surface area contributed by atoms with Crippen molar-refractivity contribution in [1.29, 1.82) is 0 Å². The Kier molecular flexibility index (Phi) is 8.77. The van der Waals surface area contributed by atoms with E-state index in [2.05, 4.69) is 88.4 Å². The third kappa shape index (κ3) is 5.01. The third-order valence-corrected chi connectivity index (χ3v) is 4.50. The van der Waals surface area contributed by atoms with Gasteiger partial charge in [0.05, 0.1) is 0 Å². The molecule has 0 aromatic heterocycles. The van der Waals surface area contributed by atoms with E-state index < -0.39 is 0 Å². The smallest absolute Gasteiger partial charge is 1.00 e. The minimum absolute atomic E-state index is 0.